The van der Waals surface area contributed by atoms with Gasteiger partial charge in [-0.2, -0.15) is 0 Å². The van der Waals surface area contributed by atoms with E-state index < -0.39 is 5.92 Å². The number of hydrogen-bond acceptors (Lipinski definition) is 3. The number of carbonyl (C=O) groups is 2. The lowest BCUT2D eigenvalue weighted by Gasteiger charge is -2.16. The molecule has 5 heteroatoms. The van der Waals surface area contributed by atoms with Crippen LogP contribution >= 0.6 is 0 Å². The molecule has 3 rings (SSSR count). The first-order valence-electron chi connectivity index (χ1n) is 8.55. The Bertz CT molecular complexity index is 728. The van der Waals surface area contributed by atoms with E-state index in [9.17, 15) is 9.59 Å². The molecule has 1 N–H and O–H groups in total. The average Bonchev–Trinajstić information content (AvgIpc) is 3.03. The van der Waals surface area contributed by atoms with Gasteiger partial charge in [-0.25, -0.2) is 0 Å². The van der Waals surface area contributed by atoms with Crippen molar-refractivity contribution in [2.24, 2.45) is 5.92 Å². The van der Waals surface area contributed by atoms with Crippen molar-refractivity contribution in [1.29, 1.82) is 0 Å². The molecule has 2 aromatic carbocycles. The summed E-state index contributed by atoms with van der Waals surface area (Å²) in [6.07, 6.45) is 0.544. The van der Waals surface area contributed by atoms with Gasteiger partial charge in [0.1, 0.15) is 11.7 Å². The van der Waals surface area contributed by atoms with Gasteiger partial charge >= 0.3 is 0 Å². The Kier molecular flexibility index (Phi) is 5.33. The number of rotatable bonds is 6. The second kappa shape index (κ2) is 7.83. The molecule has 2 amide bonds. The normalized spacial score (nSPS) is 16.8. The molecule has 1 fully saturated rings. The van der Waals surface area contributed by atoms with Crippen LogP contribution in [0.1, 0.15) is 18.9 Å². The van der Waals surface area contributed by atoms with Crippen LogP contribution in [0, 0.1) is 5.92 Å². The Balaban J connectivity index is 1.56. The van der Waals surface area contributed by atoms with E-state index >= 15 is 0 Å². The van der Waals surface area contributed by atoms with Gasteiger partial charge in [-0.05, 0) is 43.2 Å². The van der Waals surface area contributed by atoms with Crippen LogP contribution in [0.3, 0.4) is 0 Å². The monoisotopic (exact) mass is 338 g/mol. The average molecular weight is 338 g/mol. The predicted octanol–water partition coefficient (Wildman–Crippen LogP) is 2.75. The van der Waals surface area contributed by atoms with Gasteiger partial charge in [-0.3, -0.25) is 9.59 Å². The largest absolute Gasteiger partial charge is 0.494 e. The number of anilines is 1. The molecule has 0 bridgehead atoms. The van der Waals surface area contributed by atoms with Crippen molar-refractivity contribution < 1.29 is 14.3 Å². The molecule has 0 radical (unpaired) electrons. The predicted molar refractivity (Wildman–Crippen MR) is 96.4 cm³/mol. The molecule has 1 aliphatic rings. The maximum absolute atomic E-state index is 12.5. The maximum Gasteiger partial charge on any atom is 0.239 e. The van der Waals surface area contributed by atoms with Crippen molar-refractivity contribution in [3.8, 4) is 5.75 Å². The van der Waals surface area contributed by atoms with E-state index in [1.54, 1.807) is 4.90 Å². The SMILES string of the molecule is CCOc1ccc(CNC(=O)[C@H]2CCN(c3ccccc3)C2=O)cc1. The molecule has 2 aromatic rings. The molecule has 1 aliphatic heterocycles. The van der Waals surface area contributed by atoms with Crippen LogP contribution in [0.15, 0.2) is 54.6 Å². The molecule has 0 unspecified atom stereocenters. The van der Waals surface area contributed by atoms with Crippen molar-refractivity contribution in [2.75, 3.05) is 18.1 Å². The zero-order valence-electron chi connectivity index (χ0n) is 14.3. The standard InChI is InChI=1S/C20H22N2O3/c1-2-25-17-10-8-15(9-11-17)14-21-19(23)18-12-13-22(20(18)24)16-6-4-3-5-7-16/h3-11,18H,2,12-14H2,1H3,(H,21,23)/t18-/m1/s1. The second-order valence-electron chi connectivity index (χ2n) is 5.96. The van der Waals surface area contributed by atoms with Crippen molar-refractivity contribution in [2.45, 2.75) is 19.9 Å². The zero-order valence-corrected chi connectivity index (χ0v) is 14.3. The van der Waals surface area contributed by atoms with E-state index in [-0.39, 0.29) is 11.8 Å². The summed E-state index contributed by atoms with van der Waals surface area (Å²) in [4.78, 5) is 26.6. The van der Waals surface area contributed by atoms with Gasteiger partial charge < -0.3 is 15.0 Å². The van der Waals surface area contributed by atoms with Gasteiger partial charge in [0.2, 0.25) is 11.8 Å². The van der Waals surface area contributed by atoms with Crippen molar-refractivity contribution in [1.82, 2.24) is 5.32 Å². The lowest BCUT2D eigenvalue weighted by Crippen LogP contribution is -2.36. The molecular formula is C20H22N2O3. The first kappa shape index (κ1) is 17.0. The topological polar surface area (TPSA) is 58.6 Å². The van der Waals surface area contributed by atoms with Gasteiger partial charge in [0.25, 0.3) is 0 Å². The highest BCUT2D eigenvalue weighted by atomic mass is 16.5. The highest BCUT2D eigenvalue weighted by molar-refractivity contribution is 6.09. The van der Waals surface area contributed by atoms with Crippen LogP contribution in [0.4, 0.5) is 5.69 Å². The van der Waals surface area contributed by atoms with Crippen LogP contribution in [0.25, 0.3) is 0 Å². The summed E-state index contributed by atoms with van der Waals surface area (Å²) in [7, 11) is 0. The lowest BCUT2D eigenvalue weighted by molar-refractivity contribution is -0.132. The maximum atomic E-state index is 12.5. The minimum absolute atomic E-state index is 0.129. The first-order chi connectivity index (χ1) is 12.2. The Morgan fingerprint density at radius 2 is 1.88 bits per heavy atom. The molecule has 0 aliphatic carbocycles. The molecular weight excluding hydrogens is 316 g/mol. The fourth-order valence-electron chi connectivity index (χ4n) is 2.97. The first-order valence-corrected chi connectivity index (χ1v) is 8.55. The minimum atomic E-state index is -0.608. The van der Waals surface area contributed by atoms with Gasteiger partial charge in [0, 0.05) is 18.8 Å². The van der Waals surface area contributed by atoms with E-state index in [2.05, 4.69) is 5.32 Å². The number of amides is 2. The third-order valence-corrected chi connectivity index (χ3v) is 4.29. The molecule has 1 saturated heterocycles. The Morgan fingerprint density at radius 3 is 2.56 bits per heavy atom. The fraction of sp³-hybridized carbons (Fsp3) is 0.300. The number of ether oxygens (including phenoxy) is 1. The van der Waals surface area contributed by atoms with Gasteiger partial charge in [0.05, 0.1) is 6.61 Å². The van der Waals surface area contributed by atoms with Crippen molar-refractivity contribution in [3.05, 3.63) is 60.2 Å². The highest BCUT2D eigenvalue weighted by Gasteiger charge is 2.37. The van der Waals surface area contributed by atoms with E-state index in [0.717, 1.165) is 17.0 Å². The van der Waals surface area contributed by atoms with E-state index in [1.165, 1.54) is 0 Å². The number of para-hydroxylation sites is 1. The summed E-state index contributed by atoms with van der Waals surface area (Å²) >= 11 is 0. The quantitative estimate of drug-likeness (QED) is 0.824. The summed E-state index contributed by atoms with van der Waals surface area (Å²) in [5, 5.41) is 2.87. The van der Waals surface area contributed by atoms with E-state index in [0.29, 0.717) is 26.1 Å². The summed E-state index contributed by atoms with van der Waals surface area (Å²) in [6, 6.07) is 17.0. The molecule has 1 heterocycles. The van der Waals surface area contributed by atoms with Crippen LogP contribution in [0.2, 0.25) is 0 Å². The molecule has 5 nitrogen and oxygen atoms in total. The van der Waals surface area contributed by atoms with Crippen molar-refractivity contribution >= 4 is 17.5 Å². The molecule has 0 saturated carbocycles. The third-order valence-electron chi connectivity index (χ3n) is 4.29. The lowest BCUT2D eigenvalue weighted by atomic mass is 10.1. The number of carbonyl (C=O) groups excluding carboxylic acids is 2. The smallest absolute Gasteiger partial charge is 0.239 e. The second-order valence-corrected chi connectivity index (χ2v) is 5.96. The number of nitrogens with zero attached hydrogens (tertiary/aromatic N) is 1. The highest BCUT2D eigenvalue weighted by Crippen LogP contribution is 2.25. The Hall–Kier alpha value is -2.82. The van der Waals surface area contributed by atoms with Gasteiger partial charge in [-0.15, -0.1) is 0 Å². The minimum Gasteiger partial charge on any atom is -0.494 e. The Morgan fingerprint density at radius 1 is 1.16 bits per heavy atom. The van der Waals surface area contributed by atoms with E-state index in [4.69, 9.17) is 4.74 Å². The summed E-state index contributed by atoms with van der Waals surface area (Å²) in [5.74, 6) is -0.141. The summed E-state index contributed by atoms with van der Waals surface area (Å²) in [5.41, 5.74) is 1.82. The zero-order chi connectivity index (χ0) is 17.6. The fourth-order valence-corrected chi connectivity index (χ4v) is 2.97. The van der Waals surface area contributed by atoms with Crippen molar-refractivity contribution in [3.63, 3.8) is 0 Å². The van der Waals surface area contributed by atoms with Gasteiger partial charge in [-0.1, -0.05) is 30.3 Å². The summed E-state index contributed by atoms with van der Waals surface area (Å²) in [6.45, 7) is 3.54. The number of hydrogen-bond donors (Lipinski definition) is 1. The van der Waals surface area contributed by atoms with Crippen LogP contribution in [-0.2, 0) is 16.1 Å². The van der Waals surface area contributed by atoms with Crippen LogP contribution < -0.4 is 15.0 Å². The molecule has 1 atom stereocenters. The van der Waals surface area contributed by atoms with Gasteiger partial charge in [0.15, 0.2) is 0 Å². The number of nitrogens with one attached hydrogen (secondary N) is 1. The molecule has 130 valence electrons. The van der Waals surface area contributed by atoms with Crippen LogP contribution in [0.5, 0.6) is 5.75 Å². The van der Waals surface area contributed by atoms with Crippen LogP contribution in [-0.4, -0.2) is 25.0 Å². The Labute approximate surface area is 147 Å². The molecule has 0 aromatic heterocycles. The number of benzene rings is 2. The molecule has 25 heavy (non-hydrogen) atoms. The van der Waals surface area contributed by atoms with E-state index in [1.807, 2.05) is 61.5 Å². The third kappa shape index (κ3) is 3.99. The molecule has 0 spiro atoms. The summed E-state index contributed by atoms with van der Waals surface area (Å²) < 4.78 is 5.40.